The Morgan fingerprint density at radius 3 is 2.88 bits per heavy atom. The van der Waals surface area contributed by atoms with E-state index in [1.165, 1.54) is 6.20 Å². The first kappa shape index (κ1) is 11.7. The highest BCUT2D eigenvalue weighted by Gasteiger charge is 2.15. The summed E-state index contributed by atoms with van der Waals surface area (Å²) >= 11 is 0. The molecule has 0 radical (unpaired) electrons. The average Bonchev–Trinajstić information content (AvgIpc) is 2.79. The number of hydrogen-bond acceptors (Lipinski definition) is 4. The molecule has 0 aromatic carbocycles. The van der Waals surface area contributed by atoms with Gasteiger partial charge in [0.05, 0.1) is 12.7 Å². The first-order valence-electron chi connectivity index (χ1n) is 4.66. The molecular formula is C9H9FN4O2S. The molecule has 0 aliphatic rings. The molecule has 0 unspecified atom stereocenters. The van der Waals surface area contributed by atoms with Gasteiger partial charge in [0, 0.05) is 18.6 Å². The number of sulfonamides is 1. The third-order valence-corrected chi connectivity index (χ3v) is 3.34. The molecule has 2 heterocycles. The Hall–Kier alpha value is -1.80. The molecule has 0 saturated carbocycles. The number of aromatic nitrogens is 3. The number of hydrogen-bond donors (Lipinski definition) is 2. The first-order chi connectivity index (χ1) is 8.08. The Labute approximate surface area is 97.0 Å². The lowest BCUT2D eigenvalue weighted by atomic mass is 10.5. The molecule has 0 amide bonds. The minimum absolute atomic E-state index is 0.00580. The highest BCUT2D eigenvalue weighted by molar-refractivity contribution is 7.89. The van der Waals surface area contributed by atoms with Gasteiger partial charge in [0.15, 0.2) is 0 Å². The van der Waals surface area contributed by atoms with Gasteiger partial charge in [-0.3, -0.25) is 4.98 Å². The smallest absolute Gasteiger partial charge is 0.242 e. The van der Waals surface area contributed by atoms with Crippen molar-refractivity contribution in [2.24, 2.45) is 0 Å². The van der Waals surface area contributed by atoms with Crippen LogP contribution in [-0.4, -0.2) is 23.4 Å². The van der Waals surface area contributed by atoms with Crippen LogP contribution in [0.3, 0.4) is 0 Å². The number of halogens is 1. The fraction of sp³-hybridized carbons (Fsp3) is 0.111. The van der Waals surface area contributed by atoms with Gasteiger partial charge in [-0.05, 0) is 6.07 Å². The molecule has 0 aliphatic heterocycles. The summed E-state index contributed by atoms with van der Waals surface area (Å²) in [5, 5.41) is 0. The third-order valence-electron chi connectivity index (χ3n) is 1.97. The van der Waals surface area contributed by atoms with Crippen molar-refractivity contribution in [1.82, 2.24) is 19.7 Å². The van der Waals surface area contributed by atoms with E-state index in [2.05, 4.69) is 19.7 Å². The van der Waals surface area contributed by atoms with Crippen molar-refractivity contribution < 1.29 is 12.8 Å². The maximum absolute atomic E-state index is 12.8. The number of imidazole rings is 1. The standard InChI is InChI=1S/C9H9FN4O2S/c10-7-3-8(5-11-4-7)17(15,16)14-6-9-12-1-2-13-9/h1-5,14H,6H2,(H,12,13). The van der Waals surface area contributed by atoms with Crippen LogP contribution in [0.5, 0.6) is 0 Å². The maximum Gasteiger partial charge on any atom is 0.242 e. The fourth-order valence-corrected chi connectivity index (χ4v) is 2.14. The molecule has 0 bridgehead atoms. The topological polar surface area (TPSA) is 87.7 Å². The third kappa shape index (κ3) is 2.86. The van der Waals surface area contributed by atoms with Gasteiger partial charge in [-0.15, -0.1) is 0 Å². The second kappa shape index (κ2) is 4.60. The Morgan fingerprint density at radius 2 is 2.24 bits per heavy atom. The molecule has 2 aromatic heterocycles. The number of aromatic amines is 1. The molecule has 2 aromatic rings. The molecule has 0 saturated heterocycles. The number of nitrogens with one attached hydrogen (secondary N) is 2. The van der Waals surface area contributed by atoms with Gasteiger partial charge in [0.1, 0.15) is 16.5 Å². The highest BCUT2D eigenvalue weighted by Crippen LogP contribution is 2.08. The van der Waals surface area contributed by atoms with E-state index in [1.54, 1.807) is 6.20 Å². The van der Waals surface area contributed by atoms with Crippen LogP contribution in [0.1, 0.15) is 5.82 Å². The lowest BCUT2D eigenvalue weighted by molar-refractivity contribution is 0.574. The average molecular weight is 256 g/mol. The molecule has 6 nitrogen and oxygen atoms in total. The molecule has 17 heavy (non-hydrogen) atoms. The quantitative estimate of drug-likeness (QED) is 0.830. The summed E-state index contributed by atoms with van der Waals surface area (Å²) in [6, 6.07) is 0.900. The van der Waals surface area contributed by atoms with Crippen molar-refractivity contribution >= 4 is 10.0 Å². The second-order valence-corrected chi connectivity index (χ2v) is 4.97. The van der Waals surface area contributed by atoms with Crippen LogP contribution >= 0.6 is 0 Å². The minimum atomic E-state index is -3.77. The lowest BCUT2D eigenvalue weighted by Crippen LogP contribution is -2.24. The second-order valence-electron chi connectivity index (χ2n) is 3.20. The molecule has 0 aliphatic carbocycles. The van der Waals surface area contributed by atoms with Crippen molar-refractivity contribution in [2.45, 2.75) is 11.4 Å². The van der Waals surface area contributed by atoms with Crippen LogP contribution < -0.4 is 4.72 Å². The summed E-state index contributed by atoms with van der Waals surface area (Å²) < 4.78 is 38.6. The Bertz CT molecular complexity index is 597. The lowest BCUT2D eigenvalue weighted by Gasteiger charge is -2.04. The number of nitrogens with zero attached hydrogens (tertiary/aromatic N) is 2. The van der Waals surface area contributed by atoms with Gasteiger partial charge in [-0.2, -0.15) is 0 Å². The van der Waals surface area contributed by atoms with E-state index >= 15 is 0 Å². The van der Waals surface area contributed by atoms with Crippen molar-refractivity contribution in [2.75, 3.05) is 0 Å². The first-order valence-corrected chi connectivity index (χ1v) is 6.15. The van der Waals surface area contributed by atoms with Crippen molar-refractivity contribution in [3.8, 4) is 0 Å². The normalized spacial score (nSPS) is 11.6. The summed E-state index contributed by atoms with van der Waals surface area (Å²) in [5.74, 6) is -0.233. The number of rotatable bonds is 4. The van der Waals surface area contributed by atoms with Crippen molar-refractivity contribution in [3.63, 3.8) is 0 Å². The molecular weight excluding hydrogens is 247 g/mol. The van der Waals surface area contributed by atoms with Gasteiger partial charge in [0.25, 0.3) is 0 Å². The molecule has 0 atom stereocenters. The number of pyridine rings is 1. The summed E-state index contributed by atoms with van der Waals surface area (Å²) in [4.78, 5) is 9.86. The highest BCUT2D eigenvalue weighted by atomic mass is 32.2. The zero-order valence-electron chi connectivity index (χ0n) is 8.59. The van der Waals surface area contributed by atoms with Crippen LogP contribution in [0.4, 0.5) is 4.39 Å². The molecule has 0 spiro atoms. The van der Waals surface area contributed by atoms with Crippen LogP contribution in [0.2, 0.25) is 0 Å². The van der Waals surface area contributed by atoms with E-state index in [4.69, 9.17) is 0 Å². The van der Waals surface area contributed by atoms with Gasteiger partial charge in [-0.25, -0.2) is 22.5 Å². The van der Waals surface area contributed by atoms with E-state index in [0.29, 0.717) is 5.82 Å². The largest absolute Gasteiger partial charge is 0.347 e. The number of H-pyrrole nitrogens is 1. The Balaban J connectivity index is 2.14. The Morgan fingerprint density at radius 1 is 1.41 bits per heavy atom. The van der Waals surface area contributed by atoms with Gasteiger partial charge in [0.2, 0.25) is 10.0 Å². The van der Waals surface area contributed by atoms with Crippen LogP contribution in [0.25, 0.3) is 0 Å². The zero-order valence-corrected chi connectivity index (χ0v) is 9.41. The van der Waals surface area contributed by atoms with Gasteiger partial charge < -0.3 is 4.98 Å². The van der Waals surface area contributed by atoms with Crippen molar-refractivity contribution in [1.29, 1.82) is 0 Å². The monoisotopic (exact) mass is 256 g/mol. The van der Waals surface area contributed by atoms with Crippen LogP contribution in [0, 0.1) is 5.82 Å². The fourth-order valence-electron chi connectivity index (χ4n) is 1.18. The predicted octanol–water partition coefficient (Wildman–Crippen LogP) is 0.422. The van der Waals surface area contributed by atoms with E-state index in [9.17, 15) is 12.8 Å². The summed E-state index contributed by atoms with van der Waals surface area (Å²) in [5.41, 5.74) is 0. The molecule has 2 N–H and O–H groups in total. The predicted molar refractivity (Wildman–Crippen MR) is 56.8 cm³/mol. The SMILES string of the molecule is O=S(=O)(NCc1ncc[nH]1)c1cncc(F)c1. The van der Waals surface area contributed by atoms with E-state index < -0.39 is 15.8 Å². The molecule has 90 valence electrons. The van der Waals surface area contributed by atoms with E-state index in [0.717, 1.165) is 18.5 Å². The van der Waals surface area contributed by atoms with Gasteiger partial charge >= 0.3 is 0 Å². The maximum atomic E-state index is 12.8. The van der Waals surface area contributed by atoms with E-state index in [-0.39, 0.29) is 11.4 Å². The minimum Gasteiger partial charge on any atom is -0.347 e. The summed E-state index contributed by atoms with van der Waals surface area (Å²) in [6.45, 7) is 0.00580. The van der Waals surface area contributed by atoms with Crippen LogP contribution in [-0.2, 0) is 16.6 Å². The van der Waals surface area contributed by atoms with Crippen molar-refractivity contribution in [3.05, 3.63) is 42.5 Å². The molecule has 8 heteroatoms. The molecule has 2 rings (SSSR count). The van der Waals surface area contributed by atoms with Crippen LogP contribution in [0.15, 0.2) is 35.7 Å². The summed E-state index contributed by atoms with van der Waals surface area (Å²) in [6.07, 6.45) is 5.10. The van der Waals surface area contributed by atoms with Gasteiger partial charge in [-0.1, -0.05) is 0 Å². The Kier molecular flexibility index (Phi) is 3.16. The van der Waals surface area contributed by atoms with E-state index in [1.807, 2.05) is 0 Å². The zero-order chi connectivity index (χ0) is 12.3. The summed E-state index contributed by atoms with van der Waals surface area (Å²) in [7, 11) is -3.77. The molecule has 0 fully saturated rings.